The Kier molecular flexibility index (Phi) is 4.72. The fourth-order valence-electron chi connectivity index (χ4n) is 1.03. The van der Waals surface area contributed by atoms with Gasteiger partial charge in [0.15, 0.2) is 0 Å². The molecule has 0 aliphatic rings. The minimum absolute atomic E-state index is 0.0238. The Morgan fingerprint density at radius 3 is 2.81 bits per heavy atom. The van der Waals surface area contributed by atoms with E-state index in [1.165, 1.54) is 4.68 Å². The third kappa shape index (κ3) is 4.48. The normalized spacial score (nSPS) is 14.1. The van der Waals surface area contributed by atoms with Gasteiger partial charge in [0.05, 0.1) is 23.7 Å². The smallest absolute Gasteiger partial charge is 0.290 e. The number of alkyl halides is 4. The number of hydrogen-bond acceptors (Lipinski definition) is 3. The molecule has 16 heavy (non-hydrogen) atoms. The summed E-state index contributed by atoms with van der Waals surface area (Å²) in [5.41, 5.74) is 0.703. The van der Waals surface area contributed by atoms with E-state index in [2.05, 4.69) is 31.0 Å². The van der Waals surface area contributed by atoms with Crippen LogP contribution in [0.1, 0.15) is 23.9 Å². The first-order valence-electron chi connectivity index (χ1n) is 4.67. The van der Waals surface area contributed by atoms with E-state index in [9.17, 15) is 13.2 Å². The number of ether oxygens (including phenoxy) is 1. The molecule has 0 aliphatic carbocycles. The van der Waals surface area contributed by atoms with E-state index in [0.717, 1.165) is 6.42 Å². The summed E-state index contributed by atoms with van der Waals surface area (Å²) in [5, 5.41) is 7.53. The molecular weight excluding hydrogens is 291 g/mol. The number of halogens is 4. The summed E-state index contributed by atoms with van der Waals surface area (Å²) in [6.07, 6.45) is -2.16. The van der Waals surface area contributed by atoms with Gasteiger partial charge < -0.3 is 0 Å². The van der Waals surface area contributed by atoms with Crippen molar-refractivity contribution in [1.82, 2.24) is 15.0 Å². The minimum Gasteiger partial charge on any atom is -0.290 e. The largest absolute Gasteiger partial charge is 0.522 e. The van der Waals surface area contributed by atoms with Crippen LogP contribution in [0.15, 0.2) is 6.20 Å². The van der Waals surface area contributed by atoms with Crippen LogP contribution in [0.25, 0.3) is 0 Å². The molecule has 92 valence electrons. The van der Waals surface area contributed by atoms with Gasteiger partial charge in [-0.1, -0.05) is 28.1 Å². The quantitative estimate of drug-likeness (QED) is 0.785. The molecule has 0 bridgehead atoms. The Morgan fingerprint density at radius 1 is 1.56 bits per heavy atom. The van der Waals surface area contributed by atoms with Gasteiger partial charge in [0.2, 0.25) is 0 Å². The van der Waals surface area contributed by atoms with Crippen LogP contribution >= 0.6 is 15.9 Å². The second-order valence-corrected chi connectivity index (χ2v) is 4.18. The van der Waals surface area contributed by atoms with Crippen molar-refractivity contribution < 1.29 is 17.9 Å². The fraction of sp³-hybridized carbons (Fsp3) is 0.750. The van der Waals surface area contributed by atoms with Crippen molar-refractivity contribution >= 4 is 15.9 Å². The van der Waals surface area contributed by atoms with Crippen molar-refractivity contribution in [3.63, 3.8) is 0 Å². The van der Waals surface area contributed by atoms with Crippen molar-refractivity contribution in [3.8, 4) is 0 Å². The van der Waals surface area contributed by atoms with Crippen molar-refractivity contribution in [2.24, 2.45) is 0 Å². The van der Waals surface area contributed by atoms with Gasteiger partial charge in [-0.15, -0.1) is 18.3 Å². The summed E-state index contributed by atoms with van der Waals surface area (Å²) in [6, 6.07) is 0. The molecule has 1 aromatic heterocycles. The van der Waals surface area contributed by atoms with Crippen molar-refractivity contribution in [1.29, 1.82) is 0 Å². The molecule has 0 fully saturated rings. The standard InChI is InChI=1S/C8H11BrF3N3O/c1-2-6(9)7-5-15(14-13-7)3-4-16-8(10,11)12/h5-6H,2-4H2,1H3. The number of hydrogen-bond donors (Lipinski definition) is 0. The van der Waals surface area contributed by atoms with Gasteiger partial charge in [0.25, 0.3) is 0 Å². The zero-order valence-corrected chi connectivity index (χ0v) is 10.1. The average Bonchev–Trinajstić information content (AvgIpc) is 2.63. The lowest BCUT2D eigenvalue weighted by Crippen LogP contribution is -2.17. The van der Waals surface area contributed by atoms with Crippen LogP contribution in [0, 0.1) is 0 Å². The molecule has 0 saturated carbocycles. The summed E-state index contributed by atoms with van der Waals surface area (Å²) < 4.78 is 40.0. The molecule has 0 saturated heterocycles. The van der Waals surface area contributed by atoms with Crippen molar-refractivity contribution in [2.45, 2.75) is 31.1 Å². The van der Waals surface area contributed by atoms with Crippen LogP contribution in [0.2, 0.25) is 0 Å². The summed E-state index contributed by atoms with van der Waals surface area (Å²) in [5.74, 6) is 0. The zero-order valence-electron chi connectivity index (χ0n) is 8.54. The average molecular weight is 302 g/mol. The lowest BCUT2D eigenvalue weighted by atomic mass is 10.3. The molecule has 0 aromatic carbocycles. The maximum absolute atomic E-state index is 11.7. The molecule has 0 radical (unpaired) electrons. The summed E-state index contributed by atoms with van der Waals surface area (Å²) in [6.45, 7) is 1.52. The SMILES string of the molecule is CCC(Br)c1cn(CCOC(F)(F)F)nn1. The molecule has 1 unspecified atom stereocenters. The minimum atomic E-state index is -4.59. The highest BCUT2D eigenvalue weighted by Crippen LogP contribution is 2.23. The number of nitrogens with zero attached hydrogens (tertiary/aromatic N) is 3. The summed E-state index contributed by atoms with van der Waals surface area (Å²) in [4.78, 5) is 0.0739. The van der Waals surface area contributed by atoms with Gasteiger partial charge in [0.1, 0.15) is 0 Å². The van der Waals surface area contributed by atoms with Gasteiger partial charge in [0, 0.05) is 6.20 Å². The molecule has 1 rings (SSSR count). The lowest BCUT2D eigenvalue weighted by Gasteiger charge is -2.06. The Bertz CT molecular complexity index is 329. The number of rotatable bonds is 5. The van der Waals surface area contributed by atoms with Crippen LogP contribution in [0.4, 0.5) is 13.2 Å². The van der Waals surface area contributed by atoms with E-state index in [1.807, 2.05) is 6.92 Å². The highest BCUT2D eigenvalue weighted by atomic mass is 79.9. The Balaban J connectivity index is 2.41. The zero-order chi connectivity index (χ0) is 12.2. The van der Waals surface area contributed by atoms with Crippen LogP contribution in [-0.4, -0.2) is 28.0 Å². The van der Waals surface area contributed by atoms with Crippen LogP contribution < -0.4 is 0 Å². The molecular formula is C8H11BrF3N3O. The molecule has 1 heterocycles. The first kappa shape index (κ1) is 13.4. The topological polar surface area (TPSA) is 39.9 Å². The second-order valence-electron chi connectivity index (χ2n) is 3.08. The van der Waals surface area contributed by atoms with E-state index < -0.39 is 13.0 Å². The maximum Gasteiger partial charge on any atom is 0.522 e. The van der Waals surface area contributed by atoms with Crippen LogP contribution in [-0.2, 0) is 11.3 Å². The maximum atomic E-state index is 11.7. The van der Waals surface area contributed by atoms with Crippen LogP contribution in [0.5, 0.6) is 0 Å². The van der Waals surface area contributed by atoms with Crippen molar-refractivity contribution in [3.05, 3.63) is 11.9 Å². The second kappa shape index (κ2) is 5.62. The summed E-state index contributed by atoms with van der Waals surface area (Å²) in [7, 11) is 0. The molecule has 0 aliphatic heterocycles. The van der Waals surface area contributed by atoms with Gasteiger partial charge in [-0.05, 0) is 6.42 Å². The van der Waals surface area contributed by atoms with Gasteiger partial charge in [-0.2, -0.15) is 0 Å². The Hall–Kier alpha value is -0.630. The van der Waals surface area contributed by atoms with E-state index in [4.69, 9.17) is 0 Å². The molecule has 0 amide bonds. The molecule has 0 spiro atoms. The van der Waals surface area contributed by atoms with E-state index >= 15 is 0 Å². The highest BCUT2D eigenvalue weighted by Gasteiger charge is 2.28. The van der Waals surface area contributed by atoms with Gasteiger partial charge in [-0.25, -0.2) is 4.68 Å². The van der Waals surface area contributed by atoms with Gasteiger partial charge >= 0.3 is 6.36 Å². The third-order valence-corrected chi connectivity index (χ3v) is 2.94. The van der Waals surface area contributed by atoms with E-state index in [-0.39, 0.29) is 11.4 Å². The predicted octanol–water partition coefficient (Wildman–Crippen LogP) is 2.66. The van der Waals surface area contributed by atoms with Gasteiger partial charge in [-0.3, -0.25) is 4.74 Å². The first-order valence-corrected chi connectivity index (χ1v) is 5.58. The number of aromatic nitrogens is 3. The first-order chi connectivity index (χ1) is 7.42. The highest BCUT2D eigenvalue weighted by molar-refractivity contribution is 9.09. The predicted molar refractivity (Wildman–Crippen MR) is 54.0 cm³/mol. The summed E-state index contributed by atoms with van der Waals surface area (Å²) >= 11 is 3.37. The van der Waals surface area contributed by atoms with E-state index in [0.29, 0.717) is 5.69 Å². The molecule has 4 nitrogen and oxygen atoms in total. The fourth-order valence-corrected chi connectivity index (χ4v) is 1.24. The van der Waals surface area contributed by atoms with Crippen LogP contribution in [0.3, 0.4) is 0 Å². The Morgan fingerprint density at radius 2 is 2.25 bits per heavy atom. The third-order valence-electron chi connectivity index (χ3n) is 1.82. The lowest BCUT2D eigenvalue weighted by molar-refractivity contribution is -0.325. The monoisotopic (exact) mass is 301 g/mol. The molecule has 8 heteroatoms. The van der Waals surface area contributed by atoms with E-state index in [1.54, 1.807) is 6.20 Å². The Labute approximate surface area is 98.9 Å². The molecule has 1 atom stereocenters. The van der Waals surface area contributed by atoms with Crippen molar-refractivity contribution in [2.75, 3.05) is 6.61 Å². The molecule has 1 aromatic rings. The molecule has 0 N–H and O–H groups in total.